The van der Waals surface area contributed by atoms with E-state index in [0.717, 1.165) is 0 Å². The Kier molecular flexibility index (Phi) is 6.47. The summed E-state index contributed by atoms with van der Waals surface area (Å²) in [5.74, 6) is -0.832. The molecule has 0 spiro atoms. The minimum Gasteiger partial charge on any atom is -0.388 e. The Morgan fingerprint density at radius 2 is 2.15 bits per heavy atom. The molecule has 4 N–H and O–H groups in total. The first kappa shape index (κ1) is 23.2. The molecule has 0 radical (unpaired) electrons. The van der Waals surface area contributed by atoms with Gasteiger partial charge in [0.2, 0.25) is 5.91 Å². The number of amides is 2. The zero-order valence-electron chi connectivity index (χ0n) is 18.6. The van der Waals surface area contributed by atoms with Crippen LogP contribution in [0.4, 0.5) is 5.69 Å². The van der Waals surface area contributed by atoms with Crippen LogP contribution in [0.3, 0.4) is 0 Å². The van der Waals surface area contributed by atoms with E-state index in [1.807, 2.05) is 6.92 Å². The monoisotopic (exact) mass is 478 g/mol. The van der Waals surface area contributed by atoms with Gasteiger partial charge in [0.25, 0.3) is 5.91 Å². The molecule has 11 heteroatoms. The lowest BCUT2D eigenvalue weighted by molar-refractivity contribution is -0.138. The van der Waals surface area contributed by atoms with Gasteiger partial charge in [0.1, 0.15) is 17.3 Å². The molecule has 1 atom stereocenters. The van der Waals surface area contributed by atoms with Crippen molar-refractivity contribution in [1.82, 2.24) is 25.2 Å². The number of carbonyl (C=O) groups excluding carboxylic acids is 2. The van der Waals surface area contributed by atoms with Gasteiger partial charge >= 0.3 is 0 Å². The number of anilines is 1. The van der Waals surface area contributed by atoms with Gasteiger partial charge in [-0.05, 0) is 24.6 Å². The summed E-state index contributed by atoms with van der Waals surface area (Å²) in [6, 6.07) is 6.54. The molecule has 10 nitrogen and oxygen atoms in total. The number of nitriles is 1. The van der Waals surface area contributed by atoms with Gasteiger partial charge in [-0.2, -0.15) is 5.26 Å². The number of nitrogens with zero attached hydrogens (tertiary/aromatic N) is 4. The molecular weight excluding hydrogens is 456 g/mol. The van der Waals surface area contributed by atoms with E-state index >= 15 is 0 Å². The lowest BCUT2D eigenvalue weighted by Gasteiger charge is -2.37. The van der Waals surface area contributed by atoms with E-state index < -0.39 is 11.9 Å². The zero-order chi connectivity index (χ0) is 24.4. The van der Waals surface area contributed by atoms with E-state index in [9.17, 15) is 9.59 Å². The molecule has 0 saturated carbocycles. The van der Waals surface area contributed by atoms with Crippen molar-refractivity contribution in [3.63, 3.8) is 0 Å². The van der Waals surface area contributed by atoms with Crippen LogP contribution in [0.15, 0.2) is 30.6 Å². The largest absolute Gasteiger partial charge is 0.388 e. The summed E-state index contributed by atoms with van der Waals surface area (Å²) in [6.07, 6.45) is 3.36. The SMILES string of the molecule is CC[C@@H](NC(=O)c1c[nH]c2ncc(C(=N)c3ccc(Cl)cc3NC)nc12)C(=O)N1CC(C#N)C1. The van der Waals surface area contributed by atoms with Crippen LogP contribution in [0.1, 0.15) is 35.0 Å². The molecule has 1 fully saturated rings. The van der Waals surface area contributed by atoms with E-state index in [0.29, 0.717) is 46.9 Å². The summed E-state index contributed by atoms with van der Waals surface area (Å²) in [5, 5.41) is 23.9. The molecule has 3 heterocycles. The van der Waals surface area contributed by atoms with E-state index in [-0.39, 0.29) is 28.8 Å². The molecule has 4 rings (SSSR count). The standard InChI is InChI=1S/C23H23ClN8O2/c1-3-16(23(34)32-10-12(7-25)11-32)31-22(33)15-8-28-21-20(15)30-18(9-29-21)19(26)14-5-4-13(24)6-17(14)27-2/h4-6,8-9,12,16,26-27H,3,10-11H2,1-2H3,(H,28,29)(H,31,33)/t16-/m1/s1. The third kappa shape index (κ3) is 4.30. The number of aromatic amines is 1. The number of halogens is 1. The third-order valence-corrected chi connectivity index (χ3v) is 6.02. The number of likely N-dealkylation sites (tertiary alicyclic amines) is 1. The Balaban J connectivity index is 1.57. The fourth-order valence-electron chi connectivity index (χ4n) is 3.80. The van der Waals surface area contributed by atoms with Crippen LogP contribution in [0.5, 0.6) is 0 Å². The third-order valence-electron chi connectivity index (χ3n) is 5.79. The van der Waals surface area contributed by atoms with Crippen LogP contribution in [0.25, 0.3) is 11.2 Å². The van der Waals surface area contributed by atoms with E-state index in [4.69, 9.17) is 22.3 Å². The Bertz CT molecular complexity index is 1320. The summed E-state index contributed by atoms with van der Waals surface area (Å²) in [7, 11) is 1.73. The average Bonchev–Trinajstić information content (AvgIpc) is 3.24. The molecule has 0 bridgehead atoms. The van der Waals surface area contributed by atoms with Gasteiger partial charge in [-0.3, -0.25) is 15.0 Å². The van der Waals surface area contributed by atoms with Crippen molar-refractivity contribution in [3.8, 4) is 6.07 Å². The van der Waals surface area contributed by atoms with Gasteiger partial charge in [-0.1, -0.05) is 18.5 Å². The second-order valence-corrected chi connectivity index (χ2v) is 8.41. The summed E-state index contributed by atoms with van der Waals surface area (Å²) in [6.45, 7) is 2.57. The first-order chi connectivity index (χ1) is 16.4. The number of hydrogen-bond acceptors (Lipinski definition) is 7. The summed E-state index contributed by atoms with van der Waals surface area (Å²) < 4.78 is 0. The van der Waals surface area contributed by atoms with Crippen LogP contribution in [-0.2, 0) is 4.79 Å². The predicted molar refractivity (Wildman–Crippen MR) is 128 cm³/mol. The van der Waals surface area contributed by atoms with Gasteiger partial charge in [0, 0.05) is 42.6 Å². The van der Waals surface area contributed by atoms with E-state index in [2.05, 4.69) is 31.7 Å². The zero-order valence-corrected chi connectivity index (χ0v) is 19.4. The highest BCUT2D eigenvalue weighted by atomic mass is 35.5. The number of H-pyrrole nitrogens is 1. The first-order valence-corrected chi connectivity index (χ1v) is 11.1. The van der Waals surface area contributed by atoms with Gasteiger partial charge in [-0.15, -0.1) is 0 Å². The van der Waals surface area contributed by atoms with Crippen LogP contribution in [0.2, 0.25) is 5.02 Å². The molecule has 1 aliphatic heterocycles. The van der Waals surface area contributed by atoms with Crippen LogP contribution in [-0.4, -0.2) is 63.6 Å². The van der Waals surface area contributed by atoms with Gasteiger partial charge in [-0.25, -0.2) is 9.97 Å². The topological polar surface area (TPSA) is 151 Å². The lowest BCUT2D eigenvalue weighted by atomic mass is 10.00. The quantitative estimate of drug-likeness (QED) is 0.383. The van der Waals surface area contributed by atoms with Crippen LogP contribution < -0.4 is 10.6 Å². The van der Waals surface area contributed by atoms with Gasteiger partial charge < -0.3 is 20.5 Å². The van der Waals surface area contributed by atoms with Crippen molar-refractivity contribution in [1.29, 1.82) is 10.7 Å². The Hall–Kier alpha value is -3.97. The number of fused-ring (bicyclic) bond motifs is 1. The van der Waals surface area contributed by atoms with Gasteiger partial charge in [0.05, 0.1) is 29.5 Å². The number of aromatic nitrogens is 3. The normalized spacial score (nSPS) is 14.2. The van der Waals surface area contributed by atoms with E-state index in [1.165, 1.54) is 12.4 Å². The Morgan fingerprint density at radius 1 is 1.38 bits per heavy atom. The van der Waals surface area contributed by atoms with Crippen molar-refractivity contribution in [2.45, 2.75) is 19.4 Å². The second-order valence-electron chi connectivity index (χ2n) is 7.97. The maximum atomic E-state index is 13.0. The predicted octanol–water partition coefficient (Wildman–Crippen LogP) is 2.56. The molecule has 3 aromatic rings. The molecule has 1 saturated heterocycles. The van der Waals surface area contributed by atoms with Crippen LogP contribution >= 0.6 is 11.6 Å². The Labute approximate surface area is 200 Å². The molecule has 1 aromatic carbocycles. The summed E-state index contributed by atoms with van der Waals surface area (Å²) >= 11 is 6.06. The smallest absolute Gasteiger partial charge is 0.255 e. The van der Waals surface area contributed by atoms with Crippen LogP contribution in [0, 0.1) is 22.7 Å². The van der Waals surface area contributed by atoms with Crippen molar-refractivity contribution in [2.24, 2.45) is 5.92 Å². The maximum absolute atomic E-state index is 13.0. The molecule has 2 aromatic heterocycles. The summed E-state index contributed by atoms with van der Waals surface area (Å²) in [4.78, 5) is 39.1. The fraction of sp³-hybridized carbons (Fsp3) is 0.304. The molecule has 1 aliphatic rings. The maximum Gasteiger partial charge on any atom is 0.255 e. The average molecular weight is 479 g/mol. The molecule has 174 valence electrons. The van der Waals surface area contributed by atoms with Crippen molar-refractivity contribution < 1.29 is 9.59 Å². The lowest BCUT2D eigenvalue weighted by Crippen LogP contribution is -2.56. The number of carbonyl (C=O) groups is 2. The van der Waals surface area contributed by atoms with Crippen molar-refractivity contribution >= 4 is 46.0 Å². The highest BCUT2D eigenvalue weighted by molar-refractivity contribution is 6.31. The molecule has 0 unspecified atom stereocenters. The Morgan fingerprint density at radius 3 is 2.82 bits per heavy atom. The van der Waals surface area contributed by atoms with Crippen molar-refractivity contribution in [2.75, 3.05) is 25.5 Å². The second kappa shape index (κ2) is 9.49. The number of rotatable bonds is 7. The minimum absolute atomic E-state index is 0.120. The first-order valence-electron chi connectivity index (χ1n) is 10.8. The highest BCUT2D eigenvalue weighted by Gasteiger charge is 2.34. The molecular formula is C23H23ClN8O2. The molecule has 34 heavy (non-hydrogen) atoms. The number of benzene rings is 1. The molecule has 2 amide bonds. The fourth-order valence-corrected chi connectivity index (χ4v) is 3.97. The molecule has 0 aliphatic carbocycles. The van der Waals surface area contributed by atoms with Gasteiger partial charge in [0.15, 0.2) is 5.65 Å². The minimum atomic E-state index is -0.709. The number of nitrogens with one attached hydrogen (secondary N) is 4. The number of hydrogen-bond donors (Lipinski definition) is 4. The summed E-state index contributed by atoms with van der Waals surface area (Å²) in [5.41, 5.74) is 2.58. The van der Waals surface area contributed by atoms with Crippen molar-refractivity contribution in [3.05, 3.63) is 52.4 Å². The highest BCUT2D eigenvalue weighted by Crippen LogP contribution is 2.24. The van der Waals surface area contributed by atoms with E-state index in [1.54, 1.807) is 30.1 Å².